The van der Waals surface area contributed by atoms with Gasteiger partial charge in [0, 0.05) is 0 Å². The molecule has 0 spiro atoms. The molecule has 9 N–H and O–H groups in total. The highest BCUT2D eigenvalue weighted by molar-refractivity contribution is 4.88. The molecule has 9 atom stereocenters. The normalized spacial score (nSPS) is 38.1. The van der Waals surface area contributed by atoms with E-state index in [4.69, 9.17) is 5.11 Å². The molecule has 10 nitrogen and oxygen atoms in total. The van der Waals surface area contributed by atoms with Crippen molar-refractivity contribution in [1.82, 2.24) is 0 Å². The minimum Gasteiger partial charge on any atom is -0.394 e. The van der Waals surface area contributed by atoms with E-state index in [2.05, 4.69) is 0 Å². The van der Waals surface area contributed by atoms with Gasteiger partial charge in [0.1, 0.15) is 61.9 Å². The summed E-state index contributed by atoms with van der Waals surface area (Å²) in [5.74, 6) is 0. The molecule has 1 aliphatic heterocycles. The summed E-state index contributed by atoms with van der Waals surface area (Å²) in [5, 5.41) is 86.2. The molecule has 1 fully saturated rings. The Bertz CT molecular complexity index is 373. The molecule has 138 valence electrons. The van der Waals surface area contributed by atoms with Crippen LogP contribution in [0.2, 0.25) is 0 Å². The topological polar surface area (TPSA) is 182 Å². The molecule has 10 heteroatoms. The van der Waals surface area contributed by atoms with Crippen molar-refractivity contribution >= 4 is 0 Å². The zero-order valence-electron chi connectivity index (χ0n) is 12.9. The summed E-state index contributed by atoms with van der Waals surface area (Å²) in [4.78, 5) is 0. The number of likely N-dealkylation sites (N-methyl/N-ethyl adjacent to an activating group) is 1. The van der Waals surface area contributed by atoms with Crippen LogP contribution in [0.25, 0.3) is 0 Å². The van der Waals surface area contributed by atoms with E-state index in [0.717, 1.165) is 0 Å². The Morgan fingerprint density at radius 1 is 0.913 bits per heavy atom. The van der Waals surface area contributed by atoms with E-state index in [0.29, 0.717) is 0 Å². The third kappa shape index (κ3) is 4.37. The molecule has 0 radical (unpaired) electrons. The van der Waals surface area contributed by atoms with Gasteiger partial charge in [-0.3, -0.25) is 0 Å². The van der Waals surface area contributed by atoms with Crippen molar-refractivity contribution in [2.24, 2.45) is 0 Å². The number of nitrogens with zero attached hydrogens (tertiary/aromatic N) is 1. The minimum atomic E-state index is -1.91. The van der Waals surface area contributed by atoms with Gasteiger partial charge in [-0.2, -0.15) is 0 Å². The molecule has 23 heavy (non-hydrogen) atoms. The lowest BCUT2D eigenvalue weighted by molar-refractivity contribution is -0.927. The Hall–Kier alpha value is -0.400. The van der Waals surface area contributed by atoms with Crippen LogP contribution in [0.4, 0.5) is 0 Å². The maximum atomic E-state index is 10.1. The molecule has 0 amide bonds. The van der Waals surface area contributed by atoms with Crippen molar-refractivity contribution in [3.8, 4) is 0 Å². The summed E-state index contributed by atoms with van der Waals surface area (Å²) in [7, 11) is 1.56. The lowest BCUT2D eigenvalue weighted by Gasteiger charge is -2.39. The Morgan fingerprint density at radius 2 is 1.43 bits per heavy atom. The lowest BCUT2D eigenvalue weighted by atomic mass is 9.98. The average molecular weight is 342 g/mol. The van der Waals surface area contributed by atoms with Crippen molar-refractivity contribution in [2.75, 3.05) is 33.4 Å². The van der Waals surface area contributed by atoms with Gasteiger partial charge in [-0.1, -0.05) is 0 Å². The van der Waals surface area contributed by atoms with Crippen LogP contribution in [0.15, 0.2) is 0 Å². The van der Waals surface area contributed by atoms with E-state index in [1.54, 1.807) is 7.05 Å². The number of aliphatic hydroxyl groups is 9. The maximum Gasteiger partial charge on any atom is 0.141 e. The van der Waals surface area contributed by atoms with Crippen molar-refractivity contribution < 1.29 is 50.4 Å². The van der Waals surface area contributed by atoms with Crippen molar-refractivity contribution in [1.29, 1.82) is 0 Å². The third-order valence-electron chi connectivity index (χ3n) is 4.66. The fraction of sp³-hybridized carbons (Fsp3) is 1.00. The molecule has 0 aromatic heterocycles. The van der Waals surface area contributed by atoms with E-state index < -0.39 is 62.0 Å². The molecule has 0 aromatic carbocycles. The summed E-state index contributed by atoms with van der Waals surface area (Å²) in [6, 6.07) is -0.781. The smallest absolute Gasteiger partial charge is 0.141 e. The first-order chi connectivity index (χ1) is 10.6. The first-order valence-corrected chi connectivity index (χ1v) is 7.41. The van der Waals surface area contributed by atoms with Crippen LogP contribution in [-0.2, 0) is 0 Å². The molecule has 0 saturated carbocycles. The van der Waals surface area contributed by atoms with Gasteiger partial charge >= 0.3 is 0 Å². The van der Waals surface area contributed by atoms with Gasteiger partial charge in [0.2, 0.25) is 0 Å². The second-order valence-electron chi connectivity index (χ2n) is 6.44. The van der Waals surface area contributed by atoms with Gasteiger partial charge in [0.25, 0.3) is 0 Å². The fourth-order valence-corrected chi connectivity index (χ4v) is 3.11. The summed E-state index contributed by atoms with van der Waals surface area (Å²) in [6.07, 6.45) is -11.2. The molecule has 9 unspecified atom stereocenters. The van der Waals surface area contributed by atoms with Crippen LogP contribution in [0.5, 0.6) is 0 Å². The first-order valence-electron chi connectivity index (χ1n) is 7.41. The fourth-order valence-electron chi connectivity index (χ4n) is 3.11. The van der Waals surface area contributed by atoms with E-state index in [1.165, 1.54) is 0 Å². The van der Waals surface area contributed by atoms with Crippen LogP contribution in [0.3, 0.4) is 0 Å². The Kier molecular flexibility index (Phi) is 7.29. The predicted octanol–water partition coefficient (Wildman–Crippen LogP) is -5.67. The molecule has 1 heterocycles. The second kappa shape index (κ2) is 8.12. The van der Waals surface area contributed by atoms with Gasteiger partial charge in [0.15, 0.2) is 0 Å². The van der Waals surface area contributed by atoms with E-state index in [9.17, 15) is 40.9 Å². The predicted molar refractivity (Wildman–Crippen MR) is 75.9 cm³/mol. The highest BCUT2D eigenvalue weighted by Gasteiger charge is 2.52. The SMILES string of the molecule is C[N+]1(CC(O)C(O)C(O)C(O)C(O)CO)CC(O)C(O)C1CO. The largest absolute Gasteiger partial charge is 0.394 e. The molecule has 0 aromatic rings. The Morgan fingerprint density at radius 3 is 1.91 bits per heavy atom. The van der Waals surface area contributed by atoms with E-state index >= 15 is 0 Å². The van der Waals surface area contributed by atoms with Crippen LogP contribution < -0.4 is 0 Å². The van der Waals surface area contributed by atoms with Crippen LogP contribution in [0, 0.1) is 0 Å². The highest BCUT2D eigenvalue weighted by atomic mass is 16.4. The second-order valence-corrected chi connectivity index (χ2v) is 6.44. The Labute approximate surface area is 133 Å². The Balaban J connectivity index is 2.76. The van der Waals surface area contributed by atoms with Crippen molar-refractivity contribution in [3.05, 3.63) is 0 Å². The summed E-state index contributed by atoms with van der Waals surface area (Å²) < 4.78 is -0.150. The number of aliphatic hydroxyl groups excluding tert-OH is 9. The molecule has 1 rings (SSSR count). The monoisotopic (exact) mass is 342 g/mol. The van der Waals surface area contributed by atoms with Gasteiger partial charge < -0.3 is 50.4 Å². The maximum absolute atomic E-state index is 10.1. The van der Waals surface area contributed by atoms with Gasteiger partial charge in [-0.15, -0.1) is 0 Å². The van der Waals surface area contributed by atoms with Gasteiger partial charge in [-0.05, 0) is 0 Å². The quantitative estimate of drug-likeness (QED) is 0.194. The standard InChI is InChI=1S/C13H28NO9/c1-14(2-7(17)10(20)6(14)4-15)3-8(18)11(21)13(23)12(22)9(19)5-16/h6-13,15-23H,2-5H2,1H3/q+1. The zero-order chi connectivity index (χ0) is 17.9. The third-order valence-corrected chi connectivity index (χ3v) is 4.66. The van der Waals surface area contributed by atoms with Crippen molar-refractivity contribution in [2.45, 2.75) is 48.8 Å². The number of hydrogen-bond acceptors (Lipinski definition) is 9. The number of rotatable bonds is 8. The average Bonchev–Trinajstić information content (AvgIpc) is 2.72. The lowest BCUT2D eigenvalue weighted by Crippen LogP contribution is -2.60. The van der Waals surface area contributed by atoms with Crippen LogP contribution >= 0.6 is 0 Å². The molecule has 0 aliphatic carbocycles. The molecular formula is C13H28NO9+. The number of hydrogen-bond donors (Lipinski definition) is 9. The molecule has 1 saturated heterocycles. The van der Waals surface area contributed by atoms with E-state index in [1.807, 2.05) is 0 Å². The minimum absolute atomic E-state index is 0.0219. The molecular weight excluding hydrogens is 314 g/mol. The number of likely N-dealkylation sites (tertiary alicyclic amines) is 1. The summed E-state index contributed by atoms with van der Waals surface area (Å²) in [5.41, 5.74) is 0. The van der Waals surface area contributed by atoms with Crippen LogP contribution in [0.1, 0.15) is 0 Å². The van der Waals surface area contributed by atoms with Gasteiger partial charge in [-0.25, -0.2) is 0 Å². The first kappa shape index (κ1) is 20.6. The van der Waals surface area contributed by atoms with Crippen molar-refractivity contribution in [3.63, 3.8) is 0 Å². The van der Waals surface area contributed by atoms with Crippen LogP contribution in [-0.4, -0.2) is 133 Å². The summed E-state index contributed by atoms with van der Waals surface area (Å²) >= 11 is 0. The summed E-state index contributed by atoms with van der Waals surface area (Å²) in [6.45, 7) is -1.49. The van der Waals surface area contributed by atoms with Gasteiger partial charge in [0.05, 0.1) is 20.3 Å². The molecule has 1 aliphatic rings. The number of quaternary nitrogens is 1. The molecule has 0 bridgehead atoms. The van der Waals surface area contributed by atoms with E-state index in [-0.39, 0.29) is 17.6 Å². The zero-order valence-corrected chi connectivity index (χ0v) is 12.9. The highest BCUT2D eigenvalue weighted by Crippen LogP contribution is 2.27.